The van der Waals surface area contributed by atoms with Crippen molar-refractivity contribution >= 4 is 23.1 Å². The molecule has 0 saturated carbocycles. The van der Waals surface area contributed by atoms with E-state index in [0.29, 0.717) is 23.0 Å². The summed E-state index contributed by atoms with van der Waals surface area (Å²) in [5.74, 6) is 1.16. The summed E-state index contributed by atoms with van der Waals surface area (Å²) in [5.41, 5.74) is 5.41. The molecule has 2 N–H and O–H groups in total. The third kappa shape index (κ3) is 3.93. The van der Waals surface area contributed by atoms with E-state index in [9.17, 15) is 5.26 Å². The number of nitriles is 1. The van der Waals surface area contributed by atoms with Crippen molar-refractivity contribution in [1.82, 2.24) is 9.97 Å². The van der Waals surface area contributed by atoms with E-state index < -0.39 is 0 Å². The highest BCUT2D eigenvalue weighted by Crippen LogP contribution is 2.23. The number of aromatic nitrogens is 2. The summed E-state index contributed by atoms with van der Waals surface area (Å²) >= 11 is 0. The van der Waals surface area contributed by atoms with Crippen LogP contribution in [0.15, 0.2) is 48.5 Å². The molecule has 0 aliphatic heterocycles. The van der Waals surface area contributed by atoms with Crippen molar-refractivity contribution in [3.05, 3.63) is 70.9 Å². The van der Waals surface area contributed by atoms with E-state index >= 15 is 0 Å². The molecule has 3 rings (SSSR count). The topological polar surface area (TPSA) is 73.6 Å². The summed E-state index contributed by atoms with van der Waals surface area (Å²) in [4.78, 5) is 8.94. The molecular weight excluding hydrogens is 310 g/mol. The standard InChI is InChI=1S/C20H19N5/c1-13-8-9-14(2)18(10-13)23-19-11-15(3)22-20(25-19)24-17-7-5-4-6-16(17)12-21/h4-11H,1-3H3,(H2,22,23,24,25). The van der Waals surface area contributed by atoms with Crippen molar-refractivity contribution in [3.8, 4) is 6.07 Å². The van der Waals surface area contributed by atoms with Crippen molar-refractivity contribution in [3.63, 3.8) is 0 Å². The number of nitrogens with one attached hydrogen (secondary N) is 2. The van der Waals surface area contributed by atoms with E-state index in [1.165, 1.54) is 5.56 Å². The van der Waals surface area contributed by atoms with Gasteiger partial charge in [0.25, 0.3) is 0 Å². The predicted molar refractivity (Wildman–Crippen MR) is 100 cm³/mol. The minimum absolute atomic E-state index is 0.454. The third-order valence-corrected chi connectivity index (χ3v) is 3.80. The second kappa shape index (κ2) is 7.02. The van der Waals surface area contributed by atoms with E-state index in [0.717, 1.165) is 16.9 Å². The van der Waals surface area contributed by atoms with E-state index in [2.05, 4.69) is 58.7 Å². The summed E-state index contributed by atoms with van der Waals surface area (Å²) in [7, 11) is 0. The number of nitrogens with zero attached hydrogens (tertiary/aromatic N) is 3. The zero-order chi connectivity index (χ0) is 17.8. The number of rotatable bonds is 4. The Morgan fingerprint density at radius 1 is 0.880 bits per heavy atom. The fourth-order valence-electron chi connectivity index (χ4n) is 2.51. The Morgan fingerprint density at radius 2 is 1.68 bits per heavy atom. The van der Waals surface area contributed by atoms with Crippen molar-refractivity contribution < 1.29 is 0 Å². The molecule has 1 heterocycles. The monoisotopic (exact) mass is 329 g/mol. The molecule has 5 nitrogen and oxygen atoms in total. The number of aryl methyl sites for hydroxylation is 3. The number of para-hydroxylation sites is 1. The molecule has 0 spiro atoms. The maximum absolute atomic E-state index is 9.21. The van der Waals surface area contributed by atoms with Gasteiger partial charge in [-0.05, 0) is 50.1 Å². The average molecular weight is 329 g/mol. The van der Waals surface area contributed by atoms with Crippen molar-refractivity contribution in [2.45, 2.75) is 20.8 Å². The van der Waals surface area contributed by atoms with Gasteiger partial charge in [0.2, 0.25) is 5.95 Å². The molecule has 1 aromatic heterocycles. The van der Waals surface area contributed by atoms with Gasteiger partial charge < -0.3 is 10.6 Å². The first-order chi connectivity index (χ1) is 12.0. The third-order valence-electron chi connectivity index (χ3n) is 3.80. The quantitative estimate of drug-likeness (QED) is 0.722. The van der Waals surface area contributed by atoms with E-state index in [-0.39, 0.29) is 0 Å². The Labute approximate surface area is 147 Å². The van der Waals surface area contributed by atoms with Gasteiger partial charge in [-0.2, -0.15) is 10.2 Å². The molecule has 2 aromatic carbocycles. The molecule has 25 heavy (non-hydrogen) atoms. The van der Waals surface area contributed by atoms with E-state index in [1.54, 1.807) is 6.07 Å². The molecule has 0 aliphatic carbocycles. The van der Waals surface area contributed by atoms with Crippen molar-refractivity contribution in [2.75, 3.05) is 10.6 Å². The van der Waals surface area contributed by atoms with Crippen LogP contribution in [0.2, 0.25) is 0 Å². The van der Waals surface area contributed by atoms with Gasteiger partial charge in [0, 0.05) is 17.4 Å². The zero-order valence-corrected chi connectivity index (χ0v) is 14.5. The normalized spacial score (nSPS) is 10.2. The van der Waals surface area contributed by atoms with Gasteiger partial charge >= 0.3 is 0 Å². The molecule has 0 atom stereocenters. The second-order valence-electron chi connectivity index (χ2n) is 5.94. The lowest BCUT2D eigenvalue weighted by Gasteiger charge is -2.12. The molecule has 0 saturated heterocycles. The fraction of sp³-hybridized carbons (Fsp3) is 0.150. The smallest absolute Gasteiger partial charge is 0.229 e. The van der Waals surface area contributed by atoms with E-state index in [1.807, 2.05) is 31.2 Å². The lowest BCUT2D eigenvalue weighted by molar-refractivity contribution is 1.11. The molecule has 5 heteroatoms. The maximum atomic E-state index is 9.21. The zero-order valence-electron chi connectivity index (χ0n) is 14.5. The Hall–Kier alpha value is -3.39. The SMILES string of the molecule is Cc1ccc(C)c(Nc2cc(C)nc(Nc3ccccc3C#N)n2)c1. The molecule has 3 aromatic rings. The van der Waals surface area contributed by atoms with Crippen LogP contribution < -0.4 is 10.6 Å². The van der Waals surface area contributed by atoms with Crippen LogP contribution in [-0.4, -0.2) is 9.97 Å². The van der Waals surface area contributed by atoms with Crippen LogP contribution in [0, 0.1) is 32.1 Å². The van der Waals surface area contributed by atoms with Gasteiger partial charge in [0.1, 0.15) is 11.9 Å². The molecular formula is C20H19N5. The largest absolute Gasteiger partial charge is 0.340 e. The summed E-state index contributed by atoms with van der Waals surface area (Å²) in [5, 5.41) is 15.7. The van der Waals surface area contributed by atoms with Crippen LogP contribution in [-0.2, 0) is 0 Å². The highest BCUT2D eigenvalue weighted by molar-refractivity contribution is 5.66. The average Bonchev–Trinajstić information content (AvgIpc) is 2.58. The number of hydrogen-bond donors (Lipinski definition) is 2. The minimum Gasteiger partial charge on any atom is -0.340 e. The Bertz CT molecular complexity index is 957. The first kappa shape index (κ1) is 16.5. The molecule has 0 radical (unpaired) electrons. The highest BCUT2D eigenvalue weighted by Gasteiger charge is 2.07. The first-order valence-electron chi connectivity index (χ1n) is 8.01. The van der Waals surface area contributed by atoms with Crippen LogP contribution in [0.1, 0.15) is 22.4 Å². The van der Waals surface area contributed by atoms with Gasteiger partial charge in [-0.3, -0.25) is 0 Å². The summed E-state index contributed by atoms with van der Waals surface area (Å²) in [6.07, 6.45) is 0. The molecule has 0 fully saturated rings. The van der Waals surface area contributed by atoms with Crippen LogP contribution in [0.5, 0.6) is 0 Å². The minimum atomic E-state index is 0.454. The Kier molecular flexibility index (Phi) is 4.62. The molecule has 0 unspecified atom stereocenters. The first-order valence-corrected chi connectivity index (χ1v) is 8.01. The number of benzene rings is 2. The lowest BCUT2D eigenvalue weighted by atomic mass is 10.1. The van der Waals surface area contributed by atoms with Crippen LogP contribution in [0.3, 0.4) is 0 Å². The highest BCUT2D eigenvalue weighted by atomic mass is 15.1. The van der Waals surface area contributed by atoms with Crippen LogP contribution >= 0.6 is 0 Å². The van der Waals surface area contributed by atoms with E-state index in [4.69, 9.17) is 0 Å². The van der Waals surface area contributed by atoms with Crippen molar-refractivity contribution in [1.29, 1.82) is 5.26 Å². The van der Waals surface area contributed by atoms with Gasteiger partial charge in [0.15, 0.2) is 0 Å². The molecule has 0 bridgehead atoms. The molecule has 0 aliphatic rings. The Morgan fingerprint density at radius 3 is 2.48 bits per heavy atom. The second-order valence-corrected chi connectivity index (χ2v) is 5.94. The summed E-state index contributed by atoms with van der Waals surface area (Å²) in [6.45, 7) is 6.02. The van der Waals surface area contributed by atoms with Crippen LogP contribution in [0.4, 0.5) is 23.1 Å². The summed E-state index contributed by atoms with van der Waals surface area (Å²) < 4.78 is 0. The van der Waals surface area contributed by atoms with Gasteiger partial charge in [-0.1, -0.05) is 24.3 Å². The maximum Gasteiger partial charge on any atom is 0.229 e. The van der Waals surface area contributed by atoms with Gasteiger partial charge in [-0.15, -0.1) is 0 Å². The number of anilines is 4. The van der Waals surface area contributed by atoms with Crippen LogP contribution in [0.25, 0.3) is 0 Å². The summed E-state index contributed by atoms with van der Waals surface area (Å²) in [6, 6.07) is 17.6. The Balaban J connectivity index is 1.91. The van der Waals surface area contributed by atoms with Crippen molar-refractivity contribution in [2.24, 2.45) is 0 Å². The van der Waals surface area contributed by atoms with Gasteiger partial charge in [-0.25, -0.2) is 4.98 Å². The van der Waals surface area contributed by atoms with Gasteiger partial charge in [0.05, 0.1) is 11.3 Å². The fourth-order valence-corrected chi connectivity index (χ4v) is 2.51. The lowest BCUT2D eigenvalue weighted by Crippen LogP contribution is -2.04. The number of hydrogen-bond acceptors (Lipinski definition) is 5. The molecule has 0 amide bonds. The molecule has 124 valence electrons. The predicted octanol–water partition coefficient (Wildman–Crippen LogP) is 4.76.